The molecule has 1 rings (SSSR count). The molecule has 0 aromatic carbocycles. The molecule has 0 fully saturated rings. The SMILES string of the molecule is O=CC#Cc1csc(C=O)c1. The van der Waals surface area contributed by atoms with Gasteiger partial charge in [0.2, 0.25) is 0 Å². The van der Waals surface area contributed by atoms with Gasteiger partial charge >= 0.3 is 0 Å². The fourth-order valence-electron chi connectivity index (χ4n) is 0.593. The fraction of sp³-hybridized carbons (Fsp3) is 0. The van der Waals surface area contributed by atoms with Crippen molar-refractivity contribution in [1.29, 1.82) is 0 Å². The van der Waals surface area contributed by atoms with Gasteiger partial charge in [0.25, 0.3) is 0 Å². The minimum Gasteiger partial charge on any atom is -0.297 e. The highest BCUT2D eigenvalue weighted by Gasteiger charge is 1.93. The Morgan fingerprint density at radius 3 is 2.82 bits per heavy atom. The van der Waals surface area contributed by atoms with Crippen molar-refractivity contribution in [2.45, 2.75) is 0 Å². The number of rotatable bonds is 1. The van der Waals surface area contributed by atoms with Crippen LogP contribution in [0.5, 0.6) is 0 Å². The minimum atomic E-state index is 0.526. The first-order chi connectivity index (χ1) is 5.36. The second-order valence-corrected chi connectivity index (χ2v) is 2.69. The van der Waals surface area contributed by atoms with Gasteiger partial charge < -0.3 is 0 Å². The van der Waals surface area contributed by atoms with Crippen LogP contribution in [0.15, 0.2) is 11.4 Å². The Balaban J connectivity index is 2.88. The summed E-state index contributed by atoms with van der Waals surface area (Å²) in [6, 6.07) is 1.65. The molecule has 0 N–H and O–H groups in total. The monoisotopic (exact) mass is 164 g/mol. The first-order valence-electron chi connectivity index (χ1n) is 2.85. The predicted molar refractivity (Wildman–Crippen MR) is 42.6 cm³/mol. The highest BCUT2D eigenvalue weighted by molar-refractivity contribution is 7.11. The molecule has 0 saturated heterocycles. The smallest absolute Gasteiger partial charge is 0.193 e. The van der Waals surface area contributed by atoms with Crippen molar-refractivity contribution in [3.8, 4) is 11.8 Å². The van der Waals surface area contributed by atoms with Crippen LogP contribution in [0.4, 0.5) is 0 Å². The number of thiophene rings is 1. The van der Waals surface area contributed by atoms with Crippen LogP contribution in [0.2, 0.25) is 0 Å². The van der Waals surface area contributed by atoms with Crippen LogP contribution in [0.3, 0.4) is 0 Å². The lowest BCUT2D eigenvalue weighted by atomic mass is 10.3. The summed E-state index contributed by atoms with van der Waals surface area (Å²) in [5, 5.41) is 1.74. The van der Waals surface area contributed by atoms with Crippen LogP contribution >= 0.6 is 11.3 Å². The molecule has 54 valence electrons. The second-order valence-electron chi connectivity index (χ2n) is 1.74. The van der Waals surface area contributed by atoms with Gasteiger partial charge in [-0.05, 0) is 12.0 Å². The van der Waals surface area contributed by atoms with Crippen molar-refractivity contribution in [2.75, 3.05) is 0 Å². The summed E-state index contributed by atoms with van der Waals surface area (Å²) in [4.78, 5) is 20.6. The highest BCUT2D eigenvalue weighted by atomic mass is 32.1. The third kappa shape index (κ3) is 2.03. The van der Waals surface area contributed by atoms with Crippen LogP contribution in [0.1, 0.15) is 15.2 Å². The van der Waals surface area contributed by atoms with Gasteiger partial charge in [-0.25, -0.2) is 0 Å². The molecule has 0 bridgehead atoms. The van der Waals surface area contributed by atoms with Crippen LogP contribution < -0.4 is 0 Å². The van der Waals surface area contributed by atoms with Gasteiger partial charge in [-0.2, -0.15) is 0 Å². The van der Waals surface area contributed by atoms with Gasteiger partial charge in [-0.1, -0.05) is 5.92 Å². The molecule has 3 heteroatoms. The summed E-state index contributed by atoms with van der Waals surface area (Å²) < 4.78 is 0. The number of carbonyl (C=O) groups excluding carboxylic acids is 2. The Labute approximate surface area is 67.9 Å². The Kier molecular flexibility index (Phi) is 2.59. The summed E-state index contributed by atoms with van der Waals surface area (Å²) in [5.74, 6) is 4.84. The van der Waals surface area contributed by atoms with E-state index < -0.39 is 0 Å². The maximum Gasteiger partial charge on any atom is 0.193 e. The lowest BCUT2D eigenvalue weighted by Crippen LogP contribution is -1.68. The first-order valence-corrected chi connectivity index (χ1v) is 3.73. The molecule has 1 aromatic rings. The average Bonchev–Trinajstić information content (AvgIpc) is 2.48. The molecule has 1 heterocycles. The summed E-state index contributed by atoms with van der Waals surface area (Å²) in [6.45, 7) is 0. The molecule has 0 atom stereocenters. The third-order valence-corrected chi connectivity index (χ3v) is 1.87. The van der Waals surface area contributed by atoms with Crippen molar-refractivity contribution >= 4 is 23.9 Å². The lowest BCUT2D eigenvalue weighted by Gasteiger charge is -1.71. The van der Waals surface area contributed by atoms with E-state index >= 15 is 0 Å². The van der Waals surface area contributed by atoms with Crippen molar-refractivity contribution < 1.29 is 9.59 Å². The maximum atomic E-state index is 10.2. The van der Waals surface area contributed by atoms with Gasteiger partial charge in [0.15, 0.2) is 12.6 Å². The Morgan fingerprint density at radius 2 is 2.27 bits per heavy atom. The van der Waals surface area contributed by atoms with E-state index in [1.54, 1.807) is 11.4 Å². The molecule has 0 saturated carbocycles. The van der Waals surface area contributed by atoms with Gasteiger partial charge in [0.05, 0.1) is 4.88 Å². The summed E-state index contributed by atoms with van der Waals surface area (Å²) in [7, 11) is 0. The Morgan fingerprint density at radius 1 is 1.45 bits per heavy atom. The summed E-state index contributed by atoms with van der Waals surface area (Å²) in [5.41, 5.74) is 0.712. The molecule has 0 radical (unpaired) electrons. The predicted octanol–water partition coefficient (Wildman–Crippen LogP) is 1.11. The zero-order valence-electron chi connectivity index (χ0n) is 5.53. The highest BCUT2D eigenvalue weighted by Crippen LogP contribution is 2.10. The molecule has 0 unspecified atom stereocenters. The molecule has 0 aliphatic heterocycles. The maximum absolute atomic E-state index is 10.2. The number of hydrogen-bond acceptors (Lipinski definition) is 3. The zero-order chi connectivity index (χ0) is 8.10. The van der Waals surface area contributed by atoms with Gasteiger partial charge in [-0.15, -0.1) is 11.3 Å². The third-order valence-electron chi connectivity index (χ3n) is 1.01. The van der Waals surface area contributed by atoms with Gasteiger partial charge in [0.1, 0.15) is 0 Å². The first kappa shape index (κ1) is 7.70. The van der Waals surface area contributed by atoms with Crippen molar-refractivity contribution in [3.63, 3.8) is 0 Å². The standard InChI is InChI=1S/C8H4O2S/c9-3-1-2-7-4-8(5-10)11-6-7/h3-6H. The van der Waals surface area contributed by atoms with Crippen LogP contribution in [0.25, 0.3) is 0 Å². The van der Waals surface area contributed by atoms with Crippen molar-refractivity contribution in [2.24, 2.45) is 0 Å². The molecule has 0 amide bonds. The molecular formula is C8H4O2S. The zero-order valence-corrected chi connectivity index (χ0v) is 6.35. The van der Waals surface area contributed by atoms with E-state index in [2.05, 4.69) is 11.8 Å². The molecule has 0 spiro atoms. The van der Waals surface area contributed by atoms with E-state index in [-0.39, 0.29) is 0 Å². The lowest BCUT2D eigenvalue weighted by molar-refractivity contribution is -0.103. The Hall–Kier alpha value is -1.40. The van der Waals surface area contributed by atoms with E-state index in [0.29, 0.717) is 16.7 Å². The number of carbonyl (C=O) groups is 2. The minimum absolute atomic E-state index is 0.526. The number of hydrogen-bond donors (Lipinski definition) is 0. The van der Waals surface area contributed by atoms with Crippen LogP contribution in [-0.2, 0) is 4.79 Å². The molecule has 0 aliphatic carbocycles. The topological polar surface area (TPSA) is 34.1 Å². The summed E-state index contributed by atoms with van der Waals surface area (Å²) >= 11 is 1.31. The normalized spacial score (nSPS) is 8.00. The van der Waals surface area contributed by atoms with Gasteiger partial charge in [0, 0.05) is 10.9 Å². The van der Waals surface area contributed by atoms with Gasteiger partial charge in [-0.3, -0.25) is 9.59 Å². The van der Waals surface area contributed by atoms with E-state index in [1.165, 1.54) is 11.3 Å². The van der Waals surface area contributed by atoms with Crippen LogP contribution in [0, 0.1) is 11.8 Å². The molecule has 2 nitrogen and oxygen atoms in total. The van der Waals surface area contributed by atoms with E-state index in [0.717, 1.165) is 6.29 Å². The number of aldehydes is 2. The van der Waals surface area contributed by atoms with E-state index in [4.69, 9.17) is 0 Å². The van der Waals surface area contributed by atoms with Crippen molar-refractivity contribution in [3.05, 3.63) is 21.9 Å². The van der Waals surface area contributed by atoms with E-state index in [9.17, 15) is 9.59 Å². The van der Waals surface area contributed by atoms with Crippen molar-refractivity contribution in [1.82, 2.24) is 0 Å². The molecular weight excluding hydrogens is 160 g/mol. The second kappa shape index (κ2) is 3.69. The van der Waals surface area contributed by atoms with Crippen LogP contribution in [-0.4, -0.2) is 12.6 Å². The molecule has 1 aromatic heterocycles. The summed E-state index contributed by atoms with van der Waals surface area (Å²) in [6.07, 6.45) is 1.29. The quantitative estimate of drug-likeness (QED) is 0.460. The molecule has 0 aliphatic rings. The largest absolute Gasteiger partial charge is 0.297 e. The van der Waals surface area contributed by atoms with E-state index in [1.807, 2.05) is 0 Å². The average molecular weight is 164 g/mol. The molecule has 11 heavy (non-hydrogen) atoms. The Bertz CT molecular complexity index is 327. The fourth-order valence-corrected chi connectivity index (χ4v) is 1.23.